The van der Waals surface area contributed by atoms with Crippen LogP contribution in [-0.2, 0) is 13.1 Å². The van der Waals surface area contributed by atoms with Crippen LogP contribution in [0.2, 0.25) is 5.15 Å². The molecule has 0 unspecified atom stereocenters. The number of para-hydroxylation sites is 1. The van der Waals surface area contributed by atoms with E-state index in [1.54, 1.807) is 41.7 Å². The number of hydrogen-bond donors (Lipinski definition) is 0. The van der Waals surface area contributed by atoms with Gasteiger partial charge in [0, 0.05) is 16.6 Å². The molecule has 0 bridgehead atoms. The Morgan fingerprint density at radius 3 is 2.72 bits per heavy atom. The first-order valence-corrected chi connectivity index (χ1v) is 8.99. The standard InChI is InChI=1S/C19H17ClN2O2S/c1-24-17-9-3-2-6-14(17)12-22(13-15-7-5-11-25-15)19(23)16-8-4-10-21-18(16)20/h2-11H,12-13H2,1H3. The molecule has 25 heavy (non-hydrogen) atoms. The molecule has 6 heteroatoms. The Bertz CT molecular complexity index is 852. The van der Waals surface area contributed by atoms with Gasteiger partial charge < -0.3 is 9.64 Å². The Kier molecular flexibility index (Phi) is 5.68. The van der Waals surface area contributed by atoms with Crippen molar-refractivity contribution in [1.82, 2.24) is 9.88 Å². The predicted octanol–water partition coefficient (Wildman–Crippen LogP) is 4.65. The minimum atomic E-state index is -0.155. The third-order valence-electron chi connectivity index (χ3n) is 3.76. The van der Waals surface area contributed by atoms with Crippen molar-refractivity contribution in [2.75, 3.05) is 7.11 Å². The van der Waals surface area contributed by atoms with Gasteiger partial charge in [-0.3, -0.25) is 4.79 Å². The molecule has 0 aliphatic rings. The lowest BCUT2D eigenvalue weighted by Gasteiger charge is -2.23. The Hall–Kier alpha value is -2.37. The summed E-state index contributed by atoms with van der Waals surface area (Å²) in [7, 11) is 1.63. The summed E-state index contributed by atoms with van der Waals surface area (Å²) in [5.41, 5.74) is 1.34. The quantitative estimate of drug-likeness (QED) is 0.591. The number of nitrogens with zero attached hydrogens (tertiary/aromatic N) is 2. The molecule has 0 N–H and O–H groups in total. The van der Waals surface area contributed by atoms with E-state index in [2.05, 4.69) is 4.98 Å². The van der Waals surface area contributed by atoms with Crippen LogP contribution in [0.15, 0.2) is 60.1 Å². The topological polar surface area (TPSA) is 42.4 Å². The molecule has 0 saturated carbocycles. The predicted molar refractivity (Wildman–Crippen MR) is 100 cm³/mol. The number of amides is 1. The second-order valence-corrected chi connectivity index (χ2v) is 6.78. The number of benzene rings is 1. The molecule has 0 aliphatic heterocycles. The number of methoxy groups -OCH3 is 1. The molecule has 0 fully saturated rings. The molecule has 3 aromatic rings. The van der Waals surface area contributed by atoms with Gasteiger partial charge >= 0.3 is 0 Å². The summed E-state index contributed by atoms with van der Waals surface area (Å²) < 4.78 is 5.42. The third-order valence-corrected chi connectivity index (χ3v) is 4.92. The number of aromatic nitrogens is 1. The fourth-order valence-electron chi connectivity index (χ4n) is 2.55. The normalized spacial score (nSPS) is 10.5. The Labute approximate surface area is 155 Å². The van der Waals surface area contributed by atoms with Crippen LogP contribution in [0.25, 0.3) is 0 Å². The molecule has 4 nitrogen and oxygen atoms in total. The molecule has 2 heterocycles. The van der Waals surface area contributed by atoms with Crippen LogP contribution >= 0.6 is 22.9 Å². The van der Waals surface area contributed by atoms with Gasteiger partial charge in [0.25, 0.3) is 5.91 Å². The molecule has 0 atom stereocenters. The molecular weight excluding hydrogens is 356 g/mol. The minimum Gasteiger partial charge on any atom is -0.496 e. The number of pyridine rings is 1. The number of rotatable bonds is 6. The highest BCUT2D eigenvalue weighted by molar-refractivity contribution is 7.09. The van der Waals surface area contributed by atoms with Crippen molar-refractivity contribution < 1.29 is 9.53 Å². The molecule has 0 spiro atoms. The molecule has 1 amide bonds. The van der Waals surface area contributed by atoms with Crippen LogP contribution in [0.5, 0.6) is 5.75 Å². The van der Waals surface area contributed by atoms with Crippen LogP contribution in [0.3, 0.4) is 0 Å². The van der Waals surface area contributed by atoms with E-state index in [9.17, 15) is 4.79 Å². The van der Waals surface area contributed by atoms with Gasteiger partial charge in [-0.1, -0.05) is 35.9 Å². The number of halogens is 1. The molecule has 3 rings (SSSR count). The average Bonchev–Trinajstić information content (AvgIpc) is 3.14. The van der Waals surface area contributed by atoms with E-state index in [0.717, 1.165) is 16.2 Å². The zero-order chi connectivity index (χ0) is 17.6. The molecule has 0 aliphatic carbocycles. The van der Waals surface area contributed by atoms with E-state index in [-0.39, 0.29) is 11.1 Å². The molecular formula is C19H17ClN2O2S. The molecule has 1 aromatic carbocycles. The molecule has 2 aromatic heterocycles. The number of carbonyl (C=O) groups excluding carboxylic acids is 1. The lowest BCUT2D eigenvalue weighted by Crippen LogP contribution is -2.30. The number of hydrogen-bond acceptors (Lipinski definition) is 4. The van der Waals surface area contributed by atoms with Crippen LogP contribution in [-0.4, -0.2) is 22.9 Å². The van der Waals surface area contributed by atoms with E-state index < -0.39 is 0 Å². The first-order valence-electron chi connectivity index (χ1n) is 7.73. The third kappa shape index (κ3) is 4.18. The van der Waals surface area contributed by atoms with Gasteiger partial charge in [-0.05, 0) is 29.6 Å². The summed E-state index contributed by atoms with van der Waals surface area (Å²) >= 11 is 7.74. The summed E-state index contributed by atoms with van der Waals surface area (Å²) in [6.45, 7) is 0.922. The van der Waals surface area contributed by atoms with E-state index in [0.29, 0.717) is 18.7 Å². The fraction of sp³-hybridized carbons (Fsp3) is 0.158. The maximum atomic E-state index is 13.1. The van der Waals surface area contributed by atoms with Crippen LogP contribution in [0.1, 0.15) is 20.8 Å². The fourth-order valence-corrected chi connectivity index (χ4v) is 3.46. The molecule has 128 valence electrons. The van der Waals surface area contributed by atoms with Crippen LogP contribution in [0.4, 0.5) is 0 Å². The van der Waals surface area contributed by atoms with Crippen molar-refractivity contribution in [1.29, 1.82) is 0 Å². The van der Waals surface area contributed by atoms with Crippen molar-refractivity contribution >= 4 is 28.8 Å². The van der Waals surface area contributed by atoms with Crippen molar-refractivity contribution in [3.8, 4) is 5.75 Å². The van der Waals surface area contributed by atoms with E-state index in [4.69, 9.17) is 16.3 Å². The number of ether oxygens (including phenoxy) is 1. The highest BCUT2D eigenvalue weighted by atomic mass is 35.5. The maximum absolute atomic E-state index is 13.1. The van der Waals surface area contributed by atoms with Gasteiger partial charge in [-0.2, -0.15) is 0 Å². The van der Waals surface area contributed by atoms with E-state index >= 15 is 0 Å². The van der Waals surface area contributed by atoms with Gasteiger partial charge in [-0.15, -0.1) is 11.3 Å². The van der Waals surface area contributed by atoms with Crippen molar-refractivity contribution in [2.24, 2.45) is 0 Å². The zero-order valence-corrected chi connectivity index (χ0v) is 15.3. The molecule has 0 saturated heterocycles. The lowest BCUT2D eigenvalue weighted by atomic mass is 10.1. The van der Waals surface area contributed by atoms with Crippen molar-refractivity contribution in [3.05, 3.63) is 81.3 Å². The van der Waals surface area contributed by atoms with Gasteiger partial charge in [-0.25, -0.2) is 4.98 Å². The van der Waals surface area contributed by atoms with E-state index in [1.807, 2.05) is 41.8 Å². The minimum absolute atomic E-state index is 0.155. The van der Waals surface area contributed by atoms with Gasteiger partial charge in [0.1, 0.15) is 10.9 Å². The second kappa shape index (κ2) is 8.14. The monoisotopic (exact) mass is 372 g/mol. The summed E-state index contributed by atoms with van der Waals surface area (Å²) in [5, 5.41) is 2.21. The lowest BCUT2D eigenvalue weighted by molar-refractivity contribution is 0.0730. The largest absolute Gasteiger partial charge is 0.496 e. The van der Waals surface area contributed by atoms with Crippen molar-refractivity contribution in [3.63, 3.8) is 0 Å². The van der Waals surface area contributed by atoms with Gasteiger partial charge in [0.05, 0.1) is 25.8 Å². The SMILES string of the molecule is COc1ccccc1CN(Cc1cccs1)C(=O)c1cccnc1Cl. The summed E-state index contributed by atoms with van der Waals surface area (Å²) in [5.74, 6) is 0.598. The van der Waals surface area contributed by atoms with Crippen molar-refractivity contribution in [2.45, 2.75) is 13.1 Å². The smallest absolute Gasteiger partial charge is 0.257 e. The summed E-state index contributed by atoms with van der Waals surface area (Å²) in [6, 6.07) is 15.1. The van der Waals surface area contributed by atoms with Crippen LogP contribution < -0.4 is 4.74 Å². The summed E-state index contributed by atoms with van der Waals surface area (Å²) in [4.78, 5) is 19.9. The highest BCUT2D eigenvalue weighted by Crippen LogP contribution is 2.24. The zero-order valence-electron chi connectivity index (χ0n) is 13.7. The number of thiophene rings is 1. The first-order chi connectivity index (χ1) is 12.2. The Balaban J connectivity index is 1.92. The average molecular weight is 373 g/mol. The Morgan fingerprint density at radius 2 is 2.00 bits per heavy atom. The number of carbonyl (C=O) groups is 1. The maximum Gasteiger partial charge on any atom is 0.257 e. The second-order valence-electron chi connectivity index (χ2n) is 5.39. The van der Waals surface area contributed by atoms with E-state index in [1.165, 1.54) is 0 Å². The van der Waals surface area contributed by atoms with Gasteiger partial charge in [0.2, 0.25) is 0 Å². The molecule has 0 radical (unpaired) electrons. The van der Waals surface area contributed by atoms with Crippen LogP contribution in [0, 0.1) is 0 Å². The Morgan fingerprint density at radius 1 is 1.16 bits per heavy atom. The highest BCUT2D eigenvalue weighted by Gasteiger charge is 2.21. The summed E-state index contributed by atoms with van der Waals surface area (Å²) in [6.07, 6.45) is 1.57. The van der Waals surface area contributed by atoms with Gasteiger partial charge in [0.15, 0.2) is 0 Å². The first kappa shape index (κ1) is 17.5.